The average Bonchev–Trinajstić information content (AvgIpc) is 2.38. The van der Waals surface area contributed by atoms with Crippen LogP contribution in [0.5, 0.6) is 0 Å². The molecule has 2 aromatic rings. The van der Waals surface area contributed by atoms with Crippen molar-refractivity contribution in [3.05, 3.63) is 58.1 Å². The maximum absolute atomic E-state index is 12.8. The predicted molar refractivity (Wildman–Crippen MR) is 70.5 cm³/mol. The van der Waals surface area contributed by atoms with E-state index in [-0.39, 0.29) is 11.1 Å². The molecule has 2 rings (SSSR count). The van der Waals surface area contributed by atoms with Crippen molar-refractivity contribution in [1.29, 1.82) is 0 Å². The Balaban J connectivity index is 2.45. The number of hydrogen-bond donors (Lipinski definition) is 1. The molecule has 0 fully saturated rings. The van der Waals surface area contributed by atoms with E-state index in [1.807, 2.05) is 0 Å². The lowest BCUT2D eigenvalue weighted by atomic mass is 10.0. The van der Waals surface area contributed by atoms with Crippen LogP contribution in [0.4, 0.5) is 13.2 Å². The summed E-state index contributed by atoms with van der Waals surface area (Å²) in [5.41, 5.74) is 1.18. The Morgan fingerprint density at radius 2 is 1.53 bits per heavy atom. The van der Waals surface area contributed by atoms with Crippen molar-refractivity contribution in [2.45, 2.75) is 12.8 Å². The maximum atomic E-state index is 12.8. The fraction of sp³-hybridized carbons (Fsp3) is 0.143. The second-order valence-electron chi connectivity index (χ2n) is 4.05. The van der Waals surface area contributed by atoms with Gasteiger partial charge in [0.2, 0.25) is 0 Å². The molecule has 0 amide bonds. The lowest BCUT2D eigenvalue weighted by Crippen LogP contribution is -2.06. The molecule has 0 aliphatic heterocycles. The molecule has 0 aliphatic rings. The zero-order valence-corrected chi connectivity index (χ0v) is 11.3. The van der Waals surface area contributed by atoms with E-state index in [4.69, 9.17) is 5.11 Å². The van der Waals surface area contributed by atoms with Crippen molar-refractivity contribution < 1.29 is 18.3 Å². The summed E-state index contributed by atoms with van der Waals surface area (Å²) >= 11 is 2.91. The SMILES string of the molecule is OCc1ccc(-c2ccc(Br)c(C(F)(F)F)c2)cc1. The molecule has 1 N–H and O–H groups in total. The largest absolute Gasteiger partial charge is 0.417 e. The standard InChI is InChI=1S/C14H10BrF3O/c15-13-6-5-11(7-12(13)14(16,17)18)10-3-1-9(8-19)2-4-10/h1-7,19H,8H2. The van der Waals surface area contributed by atoms with E-state index in [1.165, 1.54) is 6.07 Å². The molecule has 0 radical (unpaired) electrons. The highest BCUT2D eigenvalue weighted by molar-refractivity contribution is 9.10. The normalized spacial score (nSPS) is 11.6. The van der Waals surface area contributed by atoms with Crippen molar-refractivity contribution in [1.82, 2.24) is 0 Å². The maximum Gasteiger partial charge on any atom is 0.417 e. The topological polar surface area (TPSA) is 20.2 Å². The summed E-state index contributed by atoms with van der Waals surface area (Å²) in [6.07, 6.45) is -4.39. The first kappa shape index (κ1) is 14.1. The second-order valence-corrected chi connectivity index (χ2v) is 4.90. The predicted octanol–water partition coefficient (Wildman–Crippen LogP) is 4.63. The van der Waals surface area contributed by atoms with E-state index in [1.54, 1.807) is 30.3 Å². The van der Waals surface area contributed by atoms with E-state index in [9.17, 15) is 13.2 Å². The van der Waals surface area contributed by atoms with Crippen LogP contribution in [-0.4, -0.2) is 5.11 Å². The highest BCUT2D eigenvalue weighted by Crippen LogP contribution is 2.37. The van der Waals surface area contributed by atoms with Crippen LogP contribution in [0, 0.1) is 0 Å². The summed E-state index contributed by atoms with van der Waals surface area (Å²) in [4.78, 5) is 0. The van der Waals surface area contributed by atoms with Gasteiger partial charge in [-0.3, -0.25) is 0 Å². The number of benzene rings is 2. The third kappa shape index (κ3) is 3.16. The van der Waals surface area contributed by atoms with Gasteiger partial charge in [-0.15, -0.1) is 0 Å². The molecular formula is C14H10BrF3O. The first-order valence-corrected chi connectivity index (χ1v) is 6.28. The van der Waals surface area contributed by atoms with Gasteiger partial charge in [0.15, 0.2) is 0 Å². The van der Waals surface area contributed by atoms with E-state index >= 15 is 0 Å². The smallest absolute Gasteiger partial charge is 0.392 e. The molecule has 5 heteroatoms. The van der Waals surface area contributed by atoms with Gasteiger partial charge in [-0.25, -0.2) is 0 Å². The minimum atomic E-state index is -4.39. The van der Waals surface area contributed by atoms with Crippen LogP contribution < -0.4 is 0 Å². The molecule has 100 valence electrons. The van der Waals surface area contributed by atoms with Crippen LogP contribution in [0.2, 0.25) is 0 Å². The van der Waals surface area contributed by atoms with Gasteiger partial charge in [-0.2, -0.15) is 13.2 Å². The molecule has 19 heavy (non-hydrogen) atoms. The molecule has 0 saturated carbocycles. The summed E-state index contributed by atoms with van der Waals surface area (Å²) in [6, 6.07) is 10.9. The summed E-state index contributed by atoms with van der Waals surface area (Å²) < 4.78 is 38.4. The van der Waals surface area contributed by atoms with E-state index in [0.717, 1.165) is 11.6 Å². The molecule has 0 aliphatic carbocycles. The molecule has 0 atom stereocenters. The lowest BCUT2D eigenvalue weighted by Gasteiger charge is -2.11. The number of halogens is 4. The molecule has 0 heterocycles. The van der Waals surface area contributed by atoms with E-state index in [0.29, 0.717) is 11.1 Å². The average molecular weight is 331 g/mol. The summed E-state index contributed by atoms with van der Waals surface area (Å²) in [7, 11) is 0. The minimum absolute atomic E-state index is 0.0238. The van der Waals surface area contributed by atoms with Gasteiger partial charge >= 0.3 is 6.18 Å². The number of alkyl halides is 3. The minimum Gasteiger partial charge on any atom is -0.392 e. The van der Waals surface area contributed by atoms with Gasteiger partial charge in [-0.05, 0) is 28.8 Å². The number of aliphatic hydroxyl groups is 1. The van der Waals surface area contributed by atoms with Crippen LogP contribution in [0.3, 0.4) is 0 Å². The van der Waals surface area contributed by atoms with Crippen LogP contribution in [0.25, 0.3) is 11.1 Å². The van der Waals surface area contributed by atoms with E-state index < -0.39 is 11.7 Å². The molecule has 1 nitrogen and oxygen atoms in total. The van der Waals surface area contributed by atoms with Crippen molar-refractivity contribution in [3.63, 3.8) is 0 Å². The summed E-state index contributed by atoms with van der Waals surface area (Å²) in [6.45, 7) is -0.0889. The fourth-order valence-corrected chi connectivity index (χ4v) is 2.20. The molecule has 0 bridgehead atoms. The fourth-order valence-electron chi connectivity index (χ4n) is 1.72. The van der Waals surface area contributed by atoms with Gasteiger partial charge in [0.05, 0.1) is 12.2 Å². The van der Waals surface area contributed by atoms with Crippen molar-refractivity contribution in [2.24, 2.45) is 0 Å². The first-order chi connectivity index (χ1) is 8.91. The van der Waals surface area contributed by atoms with Crippen molar-refractivity contribution >= 4 is 15.9 Å². The Morgan fingerprint density at radius 1 is 0.947 bits per heavy atom. The molecular weight excluding hydrogens is 321 g/mol. The van der Waals surface area contributed by atoms with Crippen LogP contribution in [0.15, 0.2) is 46.9 Å². The number of aliphatic hydroxyl groups excluding tert-OH is 1. The Bertz CT molecular complexity index is 576. The molecule has 0 aromatic heterocycles. The zero-order valence-electron chi connectivity index (χ0n) is 9.71. The molecule has 0 spiro atoms. The molecule has 0 unspecified atom stereocenters. The Hall–Kier alpha value is -1.33. The van der Waals surface area contributed by atoms with Gasteiger partial charge in [-0.1, -0.05) is 46.3 Å². The molecule has 0 saturated heterocycles. The van der Waals surface area contributed by atoms with Crippen LogP contribution >= 0.6 is 15.9 Å². The Labute approximate surface area is 116 Å². The van der Waals surface area contributed by atoms with Crippen molar-refractivity contribution in [2.75, 3.05) is 0 Å². The molecule has 2 aromatic carbocycles. The second kappa shape index (κ2) is 5.35. The lowest BCUT2D eigenvalue weighted by molar-refractivity contribution is -0.138. The number of hydrogen-bond acceptors (Lipinski definition) is 1. The monoisotopic (exact) mass is 330 g/mol. The highest BCUT2D eigenvalue weighted by Gasteiger charge is 2.33. The van der Waals surface area contributed by atoms with Crippen LogP contribution in [-0.2, 0) is 12.8 Å². The third-order valence-corrected chi connectivity index (χ3v) is 3.43. The quantitative estimate of drug-likeness (QED) is 0.851. The highest BCUT2D eigenvalue weighted by atomic mass is 79.9. The van der Waals surface area contributed by atoms with Gasteiger partial charge in [0, 0.05) is 4.47 Å². The zero-order chi connectivity index (χ0) is 14.0. The summed E-state index contributed by atoms with van der Waals surface area (Å²) in [5, 5.41) is 8.93. The Kier molecular flexibility index (Phi) is 3.96. The van der Waals surface area contributed by atoms with E-state index in [2.05, 4.69) is 15.9 Å². The third-order valence-electron chi connectivity index (χ3n) is 2.74. The summed E-state index contributed by atoms with van der Waals surface area (Å²) in [5.74, 6) is 0. The van der Waals surface area contributed by atoms with Crippen LogP contribution in [0.1, 0.15) is 11.1 Å². The van der Waals surface area contributed by atoms with Gasteiger partial charge in [0.1, 0.15) is 0 Å². The Morgan fingerprint density at radius 3 is 2.05 bits per heavy atom. The van der Waals surface area contributed by atoms with Gasteiger partial charge < -0.3 is 5.11 Å². The number of rotatable bonds is 2. The van der Waals surface area contributed by atoms with Gasteiger partial charge in [0.25, 0.3) is 0 Å². The first-order valence-electron chi connectivity index (χ1n) is 5.49. The van der Waals surface area contributed by atoms with Crippen molar-refractivity contribution in [3.8, 4) is 11.1 Å².